The van der Waals surface area contributed by atoms with Crippen molar-refractivity contribution in [3.63, 3.8) is 0 Å². The minimum Gasteiger partial charge on any atom is -0.481 e. The molecule has 0 aromatic heterocycles. The number of hydrogen-bond donors (Lipinski definition) is 2. The molecule has 1 aromatic rings. The molecule has 1 aliphatic carbocycles. The Labute approximate surface area is 127 Å². The second-order valence-electron chi connectivity index (χ2n) is 6.86. The zero-order valence-electron chi connectivity index (χ0n) is 13.3. The van der Waals surface area contributed by atoms with Gasteiger partial charge in [0.25, 0.3) is 0 Å². The molecule has 1 saturated carbocycles. The van der Waals surface area contributed by atoms with Crippen molar-refractivity contribution in [2.75, 3.05) is 0 Å². The van der Waals surface area contributed by atoms with Gasteiger partial charge in [-0.05, 0) is 38.2 Å². The van der Waals surface area contributed by atoms with Crippen LogP contribution in [0.15, 0.2) is 30.3 Å². The van der Waals surface area contributed by atoms with E-state index in [1.807, 2.05) is 6.07 Å². The van der Waals surface area contributed by atoms with Crippen molar-refractivity contribution in [1.29, 1.82) is 0 Å². The average Bonchev–Trinajstić information content (AvgIpc) is 2.48. The van der Waals surface area contributed by atoms with Crippen LogP contribution in [-0.4, -0.2) is 23.2 Å². The molecule has 3 nitrogen and oxygen atoms in total. The fourth-order valence-electron chi connectivity index (χ4n) is 3.19. The molecular weight excluding hydrogens is 262 g/mol. The molecule has 2 rings (SSSR count). The highest BCUT2D eigenvalue weighted by Crippen LogP contribution is 2.30. The Morgan fingerprint density at radius 1 is 1.19 bits per heavy atom. The minimum absolute atomic E-state index is 0.0604. The highest BCUT2D eigenvalue weighted by atomic mass is 16.4. The summed E-state index contributed by atoms with van der Waals surface area (Å²) >= 11 is 0. The van der Waals surface area contributed by atoms with Crippen molar-refractivity contribution in [1.82, 2.24) is 5.32 Å². The van der Waals surface area contributed by atoms with E-state index < -0.39 is 5.97 Å². The Bertz CT molecular complexity index is 461. The zero-order valence-corrected chi connectivity index (χ0v) is 13.3. The molecule has 0 heterocycles. The maximum absolute atomic E-state index is 11.0. The predicted molar refractivity (Wildman–Crippen MR) is 85.4 cm³/mol. The second kappa shape index (κ2) is 6.61. The number of benzene rings is 1. The number of hydrogen-bond acceptors (Lipinski definition) is 2. The smallest absolute Gasteiger partial charge is 0.306 e. The van der Waals surface area contributed by atoms with Crippen LogP contribution in [0, 0.1) is 5.92 Å². The first-order chi connectivity index (χ1) is 9.91. The van der Waals surface area contributed by atoms with Gasteiger partial charge < -0.3 is 10.4 Å². The molecule has 0 amide bonds. The van der Waals surface area contributed by atoms with Gasteiger partial charge in [-0.2, -0.15) is 0 Å². The van der Waals surface area contributed by atoms with Crippen LogP contribution in [0.2, 0.25) is 0 Å². The van der Waals surface area contributed by atoms with Crippen LogP contribution >= 0.6 is 0 Å². The van der Waals surface area contributed by atoms with Crippen LogP contribution in [0.25, 0.3) is 0 Å². The third kappa shape index (κ3) is 3.85. The Morgan fingerprint density at radius 2 is 1.76 bits per heavy atom. The maximum atomic E-state index is 11.0. The zero-order chi connectivity index (χ0) is 15.5. The van der Waals surface area contributed by atoms with Crippen LogP contribution in [0.3, 0.4) is 0 Å². The summed E-state index contributed by atoms with van der Waals surface area (Å²) in [7, 11) is 0. The summed E-state index contributed by atoms with van der Waals surface area (Å²) < 4.78 is 0. The van der Waals surface area contributed by atoms with Crippen LogP contribution in [-0.2, 0) is 10.2 Å². The van der Waals surface area contributed by atoms with Gasteiger partial charge in [0, 0.05) is 17.5 Å². The summed E-state index contributed by atoms with van der Waals surface area (Å²) in [4.78, 5) is 11.0. The summed E-state index contributed by atoms with van der Waals surface area (Å²) in [5.74, 6) is -0.772. The van der Waals surface area contributed by atoms with Gasteiger partial charge in [-0.15, -0.1) is 0 Å². The van der Waals surface area contributed by atoms with E-state index in [1.54, 1.807) is 0 Å². The molecule has 0 radical (unpaired) electrons. The molecule has 1 unspecified atom stereocenters. The van der Waals surface area contributed by atoms with Crippen LogP contribution in [0.5, 0.6) is 0 Å². The fourth-order valence-corrected chi connectivity index (χ4v) is 3.19. The first-order valence-electron chi connectivity index (χ1n) is 7.95. The first-order valence-corrected chi connectivity index (χ1v) is 7.95. The molecule has 1 aromatic carbocycles. The number of carboxylic acids is 1. The van der Waals surface area contributed by atoms with Crippen LogP contribution in [0.1, 0.15) is 52.0 Å². The van der Waals surface area contributed by atoms with Crippen molar-refractivity contribution >= 4 is 5.97 Å². The van der Waals surface area contributed by atoms with E-state index in [0.29, 0.717) is 12.1 Å². The summed E-state index contributed by atoms with van der Waals surface area (Å²) in [5.41, 5.74) is 1.40. The molecule has 116 valence electrons. The molecule has 3 heteroatoms. The highest BCUT2D eigenvalue weighted by Gasteiger charge is 2.32. The van der Waals surface area contributed by atoms with E-state index in [0.717, 1.165) is 25.7 Å². The SMILES string of the molecule is CC(NC1CCC(C(=O)O)CC1)C(C)(C)c1ccccc1. The van der Waals surface area contributed by atoms with E-state index in [1.165, 1.54) is 5.56 Å². The molecule has 0 bridgehead atoms. The molecule has 0 spiro atoms. The third-order valence-corrected chi connectivity index (χ3v) is 5.16. The average molecular weight is 289 g/mol. The van der Waals surface area contributed by atoms with E-state index in [4.69, 9.17) is 5.11 Å². The summed E-state index contributed by atoms with van der Waals surface area (Å²) in [5, 5.41) is 12.8. The van der Waals surface area contributed by atoms with E-state index in [2.05, 4.69) is 50.4 Å². The van der Waals surface area contributed by atoms with Gasteiger partial charge in [-0.3, -0.25) is 4.79 Å². The van der Waals surface area contributed by atoms with Crippen molar-refractivity contribution in [2.24, 2.45) is 5.92 Å². The summed E-state index contributed by atoms with van der Waals surface area (Å²) in [6.07, 6.45) is 3.52. The van der Waals surface area contributed by atoms with E-state index in [-0.39, 0.29) is 11.3 Å². The minimum atomic E-state index is -0.633. The molecular formula is C18H27NO2. The number of carboxylic acid groups (broad SMARTS) is 1. The third-order valence-electron chi connectivity index (χ3n) is 5.16. The summed E-state index contributed by atoms with van der Waals surface area (Å²) in [6.45, 7) is 6.77. The lowest BCUT2D eigenvalue weighted by molar-refractivity contribution is -0.142. The van der Waals surface area contributed by atoms with Crippen LogP contribution in [0.4, 0.5) is 0 Å². The molecule has 1 aliphatic rings. The lowest BCUT2D eigenvalue weighted by atomic mass is 9.77. The summed E-state index contributed by atoms with van der Waals surface area (Å²) in [6, 6.07) is 11.4. The highest BCUT2D eigenvalue weighted by molar-refractivity contribution is 5.70. The van der Waals surface area contributed by atoms with Crippen molar-refractivity contribution in [3.05, 3.63) is 35.9 Å². The predicted octanol–water partition coefficient (Wildman–Crippen LogP) is 3.59. The van der Waals surface area contributed by atoms with E-state index >= 15 is 0 Å². The molecule has 21 heavy (non-hydrogen) atoms. The monoisotopic (exact) mass is 289 g/mol. The largest absolute Gasteiger partial charge is 0.481 e. The second-order valence-corrected chi connectivity index (χ2v) is 6.86. The Hall–Kier alpha value is -1.35. The first kappa shape index (κ1) is 16.0. The molecule has 1 atom stereocenters. The Morgan fingerprint density at radius 3 is 2.29 bits per heavy atom. The van der Waals surface area contributed by atoms with Gasteiger partial charge in [0.05, 0.1) is 5.92 Å². The van der Waals surface area contributed by atoms with Gasteiger partial charge >= 0.3 is 5.97 Å². The number of rotatable bonds is 5. The molecule has 1 fully saturated rings. The van der Waals surface area contributed by atoms with Gasteiger partial charge in [0.15, 0.2) is 0 Å². The standard InChI is InChI=1S/C18H27NO2/c1-13(18(2,3)15-7-5-4-6-8-15)19-16-11-9-14(10-12-16)17(20)21/h4-8,13-14,16,19H,9-12H2,1-3H3,(H,20,21). The number of nitrogens with one attached hydrogen (secondary N) is 1. The Kier molecular flexibility index (Phi) is 5.04. The fraction of sp³-hybridized carbons (Fsp3) is 0.611. The van der Waals surface area contributed by atoms with Crippen molar-refractivity contribution in [3.8, 4) is 0 Å². The molecule has 0 saturated heterocycles. The lowest BCUT2D eigenvalue weighted by Crippen LogP contribution is -2.48. The maximum Gasteiger partial charge on any atom is 0.306 e. The van der Waals surface area contributed by atoms with Gasteiger partial charge in [0.1, 0.15) is 0 Å². The van der Waals surface area contributed by atoms with Crippen LogP contribution < -0.4 is 5.32 Å². The number of aliphatic carboxylic acids is 1. The van der Waals surface area contributed by atoms with Gasteiger partial charge in [-0.1, -0.05) is 44.2 Å². The van der Waals surface area contributed by atoms with Gasteiger partial charge in [0.2, 0.25) is 0 Å². The Balaban J connectivity index is 1.93. The quantitative estimate of drug-likeness (QED) is 0.871. The normalized spacial score (nSPS) is 24.5. The van der Waals surface area contributed by atoms with Crippen molar-refractivity contribution in [2.45, 2.75) is 64.0 Å². The topological polar surface area (TPSA) is 49.3 Å². The number of carbonyl (C=O) groups is 1. The molecule has 0 aliphatic heterocycles. The van der Waals surface area contributed by atoms with E-state index in [9.17, 15) is 4.79 Å². The van der Waals surface area contributed by atoms with Gasteiger partial charge in [-0.25, -0.2) is 0 Å². The van der Waals surface area contributed by atoms with Crippen molar-refractivity contribution < 1.29 is 9.90 Å². The molecule has 2 N–H and O–H groups in total. The lowest BCUT2D eigenvalue weighted by Gasteiger charge is -2.37.